The van der Waals surface area contributed by atoms with E-state index in [1.165, 1.54) is 22.4 Å². The molecule has 0 atom stereocenters. The van der Waals surface area contributed by atoms with Crippen molar-refractivity contribution in [1.82, 2.24) is 0 Å². The Balaban J connectivity index is 2.67. The van der Waals surface area contributed by atoms with Gasteiger partial charge in [0.1, 0.15) is 0 Å². The van der Waals surface area contributed by atoms with Crippen LogP contribution in [0.25, 0.3) is 11.1 Å². The zero-order chi connectivity index (χ0) is 14.0. The minimum Gasteiger partial charge on any atom is -0.377 e. The molecule has 2 aromatic carbocycles. The fraction of sp³-hybridized carbons (Fsp3) is 0.333. The summed E-state index contributed by atoms with van der Waals surface area (Å²) in [4.78, 5) is 2.18. The zero-order valence-corrected chi connectivity index (χ0v) is 12.6. The van der Waals surface area contributed by atoms with E-state index in [2.05, 4.69) is 88.3 Å². The molecule has 0 aliphatic rings. The molecule has 0 heterocycles. The topological polar surface area (TPSA) is 3.24 Å². The largest absolute Gasteiger partial charge is 0.377 e. The van der Waals surface area contributed by atoms with Crippen LogP contribution in [0.1, 0.15) is 26.3 Å². The Hall–Kier alpha value is -1.76. The molecule has 0 aliphatic carbocycles. The molecule has 2 rings (SSSR count). The third kappa shape index (κ3) is 2.81. The Labute approximate surface area is 116 Å². The van der Waals surface area contributed by atoms with Crippen molar-refractivity contribution < 1.29 is 0 Å². The van der Waals surface area contributed by atoms with Gasteiger partial charge in [-0.3, -0.25) is 0 Å². The summed E-state index contributed by atoms with van der Waals surface area (Å²) in [6, 6.07) is 17.3. The molecule has 1 heteroatoms. The first-order chi connectivity index (χ1) is 8.91. The van der Waals surface area contributed by atoms with Gasteiger partial charge in [0.15, 0.2) is 0 Å². The monoisotopic (exact) mass is 253 g/mol. The summed E-state index contributed by atoms with van der Waals surface area (Å²) < 4.78 is 0. The summed E-state index contributed by atoms with van der Waals surface area (Å²) in [5.41, 5.74) is 5.44. The van der Waals surface area contributed by atoms with Crippen molar-refractivity contribution in [3.05, 3.63) is 54.1 Å². The Bertz CT molecular complexity index is 562. The third-order valence-corrected chi connectivity index (χ3v) is 3.41. The second-order valence-electron chi connectivity index (χ2n) is 6.21. The van der Waals surface area contributed by atoms with E-state index >= 15 is 0 Å². The van der Waals surface area contributed by atoms with Crippen LogP contribution in [0, 0.1) is 0 Å². The van der Waals surface area contributed by atoms with Gasteiger partial charge >= 0.3 is 0 Å². The maximum absolute atomic E-state index is 2.27. The van der Waals surface area contributed by atoms with Gasteiger partial charge in [-0.25, -0.2) is 0 Å². The Morgan fingerprint density at radius 1 is 0.737 bits per heavy atom. The van der Waals surface area contributed by atoms with E-state index in [9.17, 15) is 0 Å². The van der Waals surface area contributed by atoms with Crippen LogP contribution in [-0.4, -0.2) is 14.1 Å². The van der Waals surface area contributed by atoms with Gasteiger partial charge in [-0.2, -0.15) is 0 Å². The second kappa shape index (κ2) is 5.08. The highest BCUT2D eigenvalue weighted by molar-refractivity contribution is 5.81. The van der Waals surface area contributed by atoms with E-state index in [1.807, 2.05) is 0 Å². The summed E-state index contributed by atoms with van der Waals surface area (Å²) in [6.07, 6.45) is 0. The first-order valence-electron chi connectivity index (χ1n) is 6.77. The summed E-state index contributed by atoms with van der Waals surface area (Å²) >= 11 is 0. The molecule has 0 N–H and O–H groups in total. The standard InChI is InChI=1S/C18H23N/c1-18(2,3)16-12-8-6-10-14(16)15-11-7-9-13-17(15)19(4)5/h6-13H,1-5H3. The molecule has 0 saturated heterocycles. The van der Waals surface area contributed by atoms with Crippen molar-refractivity contribution in [3.8, 4) is 11.1 Å². The molecule has 0 aliphatic heterocycles. The molecule has 0 aromatic heterocycles. The number of para-hydroxylation sites is 1. The van der Waals surface area contributed by atoms with E-state index in [0.29, 0.717) is 0 Å². The first-order valence-corrected chi connectivity index (χ1v) is 6.77. The van der Waals surface area contributed by atoms with Gasteiger partial charge in [-0.05, 0) is 22.6 Å². The smallest absolute Gasteiger partial charge is 0.0440 e. The van der Waals surface area contributed by atoms with E-state index in [4.69, 9.17) is 0 Å². The van der Waals surface area contributed by atoms with Gasteiger partial charge in [-0.15, -0.1) is 0 Å². The molecule has 0 radical (unpaired) electrons. The van der Waals surface area contributed by atoms with Crippen molar-refractivity contribution >= 4 is 5.69 Å². The lowest BCUT2D eigenvalue weighted by Crippen LogP contribution is -2.14. The Kier molecular flexibility index (Phi) is 3.66. The molecule has 0 bridgehead atoms. The molecule has 1 nitrogen and oxygen atoms in total. The van der Waals surface area contributed by atoms with Crippen molar-refractivity contribution in [2.45, 2.75) is 26.2 Å². The zero-order valence-electron chi connectivity index (χ0n) is 12.6. The van der Waals surface area contributed by atoms with Crippen molar-refractivity contribution in [1.29, 1.82) is 0 Å². The molecule has 0 unspecified atom stereocenters. The lowest BCUT2D eigenvalue weighted by atomic mass is 9.81. The number of rotatable bonds is 2. The fourth-order valence-corrected chi connectivity index (χ4v) is 2.46. The lowest BCUT2D eigenvalue weighted by molar-refractivity contribution is 0.592. The Morgan fingerprint density at radius 3 is 1.84 bits per heavy atom. The van der Waals surface area contributed by atoms with Gasteiger partial charge in [-0.1, -0.05) is 63.2 Å². The molecule has 0 spiro atoms. The molecule has 0 fully saturated rings. The molecular weight excluding hydrogens is 230 g/mol. The third-order valence-electron chi connectivity index (χ3n) is 3.41. The number of benzene rings is 2. The predicted molar refractivity (Wildman–Crippen MR) is 84.9 cm³/mol. The van der Waals surface area contributed by atoms with Gasteiger partial charge in [0, 0.05) is 25.3 Å². The highest BCUT2D eigenvalue weighted by Gasteiger charge is 2.19. The second-order valence-corrected chi connectivity index (χ2v) is 6.21. The van der Waals surface area contributed by atoms with Gasteiger partial charge in [0.05, 0.1) is 0 Å². The van der Waals surface area contributed by atoms with Crippen LogP contribution in [0.15, 0.2) is 48.5 Å². The minimum atomic E-state index is 0.149. The average molecular weight is 253 g/mol. The Morgan fingerprint density at radius 2 is 1.26 bits per heavy atom. The highest BCUT2D eigenvalue weighted by atomic mass is 15.1. The van der Waals surface area contributed by atoms with Crippen molar-refractivity contribution in [3.63, 3.8) is 0 Å². The van der Waals surface area contributed by atoms with Gasteiger partial charge in [0.2, 0.25) is 0 Å². The average Bonchev–Trinajstić information content (AvgIpc) is 2.37. The van der Waals surface area contributed by atoms with Crippen molar-refractivity contribution in [2.24, 2.45) is 0 Å². The van der Waals surface area contributed by atoms with Crippen LogP contribution < -0.4 is 4.90 Å². The van der Waals surface area contributed by atoms with Crippen LogP contribution in [0.4, 0.5) is 5.69 Å². The summed E-state index contributed by atoms with van der Waals surface area (Å²) in [6.45, 7) is 6.80. The minimum absolute atomic E-state index is 0.149. The van der Waals surface area contributed by atoms with Crippen LogP contribution in [0.3, 0.4) is 0 Å². The first kappa shape index (κ1) is 13.7. The van der Waals surface area contributed by atoms with Crippen LogP contribution >= 0.6 is 0 Å². The number of anilines is 1. The van der Waals surface area contributed by atoms with Crippen LogP contribution in [-0.2, 0) is 5.41 Å². The van der Waals surface area contributed by atoms with Gasteiger partial charge in [0.25, 0.3) is 0 Å². The quantitative estimate of drug-likeness (QED) is 0.748. The summed E-state index contributed by atoms with van der Waals surface area (Å²) in [5.74, 6) is 0. The summed E-state index contributed by atoms with van der Waals surface area (Å²) in [5, 5.41) is 0. The van der Waals surface area contributed by atoms with Crippen LogP contribution in [0.5, 0.6) is 0 Å². The molecule has 19 heavy (non-hydrogen) atoms. The molecular formula is C18H23N. The van der Waals surface area contributed by atoms with E-state index in [1.54, 1.807) is 0 Å². The summed E-state index contributed by atoms with van der Waals surface area (Å²) in [7, 11) is 4.19. The van der Waals surface area contributed by atoms with E-state index in [0.717, 1.165) is 0 Å². The van der Waals surface area contributed by atoms with Gasteiger partial charge < -0.3 is 4.90 Å². The maximum Gasteiger partial charge on any atom is 0.0440 e. The molecule has 0 amide bonds. The SMILES string of the molecule is CN(C)c1ccccc1-c1ccccc1C(C)(C)C. The highest BCUT2D eigenvalue weighted by Crippen LogP contribution is 2.37. The number of hydrogen-bond donors (Lipinski definition) is 0. The van der Waals surface area contributed by atoms with E-state index < -0.39 is 0 Å². The lowest BCUT2D eigenvalue weighted by Gasteiger charge is -2.25. The molecule has 100 valence electrons. The van der Waals surface area contributed by atoms with Crippen molar-refractivity contribution in [2.75, 3.05) is 19.0 Å². The molecule has 0 saturated carbocycles. The fourth-order valence-electron chi connectivity index (χ4n) is 2.46. The molecule has 2 aromatic rings. The predicted octanol–water partition coefficient (Wildman–Crippen LogP) is 4.72. The number of hydrogen-bond acceptors (Lipinski definition) is 1. The normalized spacial score (nSPS) is 11.4. The van der Waals surface area contributed by atoms with E-state index in [-0.39, 0.29) is 5.41 Å². The van der Waals surface area contributed by atoms with Crippen LogP contribution in [0.2, 0.25) is 0 Å². The maximum atomic E-state index is 2.27. The number of nitrogens with zero attached hydrogens (tertiary/aromatic N) is 1.